The van der Waals surface area contributed by atoms with Crippen LogP contribution in [0.5, 0.6) is 5.75 Å². The Morgan fingerprint density at radius 3 is 2.29 bits per heavy atom. The van der Waals surface area contributed by atoms with Gasteiger partial charge >= 0.3 is 0 Å². The molecule has 6 aromatic rings. The summed E-state index contributed by atoms with van der Waals surface area (Å²) in [6.45, 7) is 17.4. The van der Waals surface area contributed by atoms with Crippen LogP contribution in [0, 0.1) is 18.2 Å². The number of aromatic nitrogens is 4. The molecule has 82 heavy (non-hydrogen) atoms. The van der Waals surface area contributed by atoms with Gasteiger partial charge in [-0.05, 0) is 85.3 Å². The number of anilines is 3. The van der Waals surface area contributed by atoms with E-state index in [4.69, 9.17) is 20.3 Å². The quantitative estimate of drug-likeness (QED) is 0.0216. The van der Waals surface area contributed by atoms with E-state index < -0.39 is 83.2 Å². The monoisotopic (exact) mass is 1180 g/mol. The third-order valence-corrected chi connectivity index (χ3v) is 17.5. The number of pyridine rings is 1. The number of nitrogens with one attached hydrogen (secondary N) is 5. The number of likely N-dealkylation sites (tertiary alicyclic amines) is 1. The molecule has 0 bridgehead atoms. The fourth-order valence-electron chi connectivity index (χ4n) is 8.86. The van der Waals surface area contributed by atoms with Gasteiger partial charge < -0.3 is 46.5 Å². The fraction of sp³-hybridized carbons (Fsp3) is 0.404. The summed E-state index contributed by atoms with van der Waals surface area (Å²) in [5.41, 5.74) is 11.1. The fourth-order valence-corrected chi connectivity index (χ4v) is 11.1. The van der Waals surface area contributed by atoms with E-state index in [-0.39, 0.29) is 84.9 Å². The first-order valence-electron chi connectivity index (χ1n) is 26.8. The number of ether oxygens (including phenoxy) is 2. The van der Waals surface area contributed by atoms with Crippen LogP contribution in [0.25, 0.3) is 21.7 Å². The highest BCUT2D eigenvalue weighted by Crippen LogP contribution is 2.38. The molecule has 0 spiro atoms. The number of hydrogen-bond acceptors (Lipinski definition) is 15. The van der Waals surface area contributed by atoms with E-state index in [1.54, 1.807) is 62.7 Å². The summed E-state index contributed by atoms with van der Waals surface area (Å²) in [5.74, 6) is -3.20. The van der Waals surface area contributed by atoms with Crippen molar-refractivity contribution in [2.75, 3.05) is 35.5 Å². The van der Waals surface area contributed by atoms with Crippen LogP contribution in [0.4, 0.5) is 21.7 Å². The predicted molar refractivity (Wildman–Crippen MR) is 315 cm³/mol. The Morgan fingerprint density at radius 1 is 0.963 bits per heavy atom. The molecule has 438 valence electrons. The van der Waals surface area contributed by atoms with Crippen molar-refractivity contribution < 1.29 is 51.4 Å². The van der Waals surface area contributed by atoms with E-state index in [2.05, 4.69) is 55.6 Å². The number of rotatable bonds is 25. The molecule has 4 atom stereocenters. The van der Waals surface area contributed by atoms with Crippen LogP contribution < -0.4 is 36.5 Å². The number of nitrogens with zero attached hydrogens (tertiary/aromatic N) is 5. The van der Waals surface area contributed by atoms with Gasteiger partial charge in [-0.25, -0.2) is 27.5 Å². The van der Waals surface area contributed by atoms with Gasteiger partial charge in [0.1, 0.15) is 59.4 Å². The first-order chi connectivity index (χ1) is 38.7. The van der Waals surface area contributed by atoms with Crippen molar-refractivity contribution in [2.24, 2.45) is 11.1 Å². The number of sulfonamides is 1. The molecule has 1 fully saturated rings. The van der Waals surface area contributed by atoms with Crippen LogP contribution in [-0.2, 0) is 42.4 Å². The molecule has 0 aliphatic carbocycles. The maximum atomic E-state index is 14.2. The molecule has 8 N–H and O–H groups in total. The van der Waals surface area contributed by atoms with Gasteiger partial charge in [0.05, 0.1) is 39.2 Å². The Balaban J connectivity index is 1.01. The summed E-state index contributed by atoms with van der Waals surface area (Å²) in [5, 5.41) is 27.0. The van der Waals surface area contributed by atoms with Crippen molar-refractivity contribution in [3.05, 3.63) is 124 Å². The Kier molecular flexibility index (Phi) is 20.1. The molecule has 1 aliphatic rings. The minimum atomic E-state index is -3.78. The minimum absolute atomic E-state index is 0.0298. The average molecular weight is 1180 g/mol. The molecule has 0 radical (unpaired) electrons. The zero-order valence-electron chi connectivity index (χ0n) is 47.5. The molecule has 1 saturated heterocycles. The van der Waals surface area contributed by atoms with Crippen molar-refractivity contribution in [3.63, 3.8) is 0 Å². The van der Waals surface area contributed by atoms with Crippen LogP contribution in [-0.4, -0.2) is 119 Å². The van der Waals surface area contributed by atoms with Crippen molar-refractivity contribution >= 4 is 76.3 Å². The van der Waals surface area contributed by atoms with Crippen molar-refractivity contribution in [1.29, 1.82) is 0 Å². The maximum absolute atomic E-state index is 14.2. The minimum Gasteiger partial charge on any atom is -0.484 e. The lowest BCUT2D eigenvalue weighted by Crippen LogP contribution is -2.57. The Labute approximate surface area is 482 Å². The molecule has 25 heteroatoms. The van der Waals surface area contributed by atoms with Crippen LogP contribution in [0.3, 0.4) is 0 Å². The van der Waals surface area contributed by atoms with E-state index in [1.807, 2.05) is 31.2 Å². The number of carbonyl (C=O) groups excluding carboxylic acids is 5. The number of benzene rings is 3. The zero-order valence-corrected chi connectivity index (χ0v) is 50.1. The molecule has 3 aromatic heterocycles. The van der Waals surface area contributed by atoms with Crippen LogP contribution in [0.1, 0.15) is 91.1 Å². The van der Waals surface area contributed by atoms with Crippen LogP contribution in [0.15, 0.2) is 90.6 Å². The summed E-state index contributed by atoms with van der Waals surface area (Å²) < 4.78 is 55.7. The molecule has 1 aliphatic heterocycles. The predicted octanol–water partition coefficient (Wildman–Crippen LogP) is 7.50. The Morgan fingerprint density at radius 2 is 1.67 bits per heavy atom. The second kappa shape index (κ2) is 26.6. The van der Waals surface area contributed by atoms with Gasteiger partial charge in [0.25, 0.3) is 11.8 Å². The van der Waals surface area contributed by atoms with Crippen molar-refractivity contribution in [2.45, 2.75) is 118 Å². The van der Waals surface area contributed by atoms with E-state index in [1.165, 1.54) is 59.1 Å². The molecular formula is C57H72FN11O10S2Si. The molecule has 5 amide bonds. The molecule has 0 unspecified atom stereocenters. The van der Waals surface area contributed by atoms with E-state index in [0.717, 1.165) is 27.7 Å². The number of halogens is 1. The third kappa shape index (κ3) is 16.3. The highest BCUT2D eigenvalue weighted by atomic mass is 32.2. The number of aryl methyl sites for hydroxylation is 1. The van der Waals surface area contributed by atoms with Gasteiger partial charge in [-0.1, -0.05) is 82.9 Å². The highest BCUT2D eigenvalue weighted by molar-refractivity contribution is 7.92. The maximum Gasteiger partial charge on any atom is 0.254 e. The highest BCUT2D eigenvalue weighted by Gasteiger charge is 2.44. The van der Waals surface area contributed by atoms with Crippen LogP contribution >= 0.6 is 11.3 Å². The van der Waals surface area contributed by atoms with Gasteiger partial charge in [0.2, 0.25) is 27.7 Å². The zero-order chi connectivity index (χ0) is 59.7. The number of hydrogen-bond donors (Lipinski definition) is 7. The lowest BCUT2D eigenvalue weighted by Gasteiger charge is -2.35. The summed E-state index contributed by atoms with van der Waals surface area (Å²) in [7, 11) is -5.30. The lowest BCUT2D eigenvalue weighted by molar-refractivity contribution is -0.144. The van der Waals surface area contributed by atoms with Gasteiger partial charge in [0.15, 0.2) is 0 Å². The lowest BCUT2D eigenvalue weighted by atomic mass is 9.85. The van der Waals surface area contributed by atoms with Crippen molar-refractivity contribution in [3.8, 4) is 27.4 Å². The SMILES string of the molecule is CCS(=O)(=O)Nc1ccc(-c2nn(COCC[Si](C)(C)C)c(Nc3ccc(C(=O)NCCC(=O)N[C@@H](C(=O)N4C[C@@H](O)C[C@@H]4C(=O)NCc4ccc(-c5scnc5C)cc4)C(C)(C)C)cn3)c2C(N)=O)cc1O[C@H](C)c1ccc(F)cc1. The van der Waals surface area contributed by atoms with Crippen molar-refractivity contribution in [1.82, 2.24) is 40.6 Å². The normalized spacial score (nSPS) is 15.3. The first-order valence-corrected chi connectivity index (χ1v) is 33.1. The average Bonchev–Trinajstić information content (AvgIpc) is 4.30. The number of amides is 5. The largest absolute Gasteiger partial charge is 0.484 e. The molecule has 3 aromatic carbocycles. The second-order valence-electron chi connectivity index (χ2n) is 22.3. The smallest absolute Gasteiger partial charge is 0.254 e. The number of β-amino-alcohol motifs (C(OH)–C–C–N with tert-alkyl or cyclic N) is 1. The number of aliphatic hydroxyl groups is 1. The van der Waals surface area contributed by atoms with Gasteiger partial charge in [-0.15, -0.1) is 11.3 Å². The number of nitrogens with two attached hydrogens (primary N) is 1. The topological polar surface area (TPSA) is 291 Å². The van der Waals surface area contributed by atoms with Crippen LogP contribution in [0.2, 0.25) is 25.7 Å². The van der Waals surface area contributed by atoms with Gasteiger partial charge in [-0.2, -0.15) is 5.10 Å². The number of thiazole rings is 1. The molecule has 0 saturated carbocycles. The first kappa shape index (κ1) is 62.0. The van der Waals surface area contributed by atoms with E-state index >= 15 is 0 Å². The summed E-state index contributed by atoms with van der Waals surface area (Å²) in [6, 6.07) is 19.7. The molecule has 21 nitrogen and oxygen atoms in total. The summed E-state index contributed by atoms with van der Waals surface area (Å²) in [6.07, 6.45) is -0.506. The second-order valence-corrected chi connectivity index (χ2v) is 30.8. The Bertz CT molecular complexity index is 3370. The summed E-state index contributed by atoms with van der Waals surface area (Å²) >= 11 is 1.55. The third-order valence-electron chi connectivity index (χ3n) is 13.6. The molecule has 4 heterocycles. The van der Waals surface area contributed by atoms with Gasteiger partial charge in [-0.3, -0.25) is 28.7 Å². The Hall–Kier alpha value is -7.58. The van der Waals surface area contributed by atoms with Gasteiger partial charge in [0, 0.05) is 58.9 Å². The molecule has 7 rings (SSSR count). The summed E-state index contributed by atoms with van der Waals surface area (Å²) in [4.78, 5) is 79.3. The number of primary amides is 1. The number of aliphatic hydroxyl groups excluding tert-OH is 1. The molecular weight excluding hydrogens is 1110 g/mol. The standard InChI is InChI=1S/C57H72FN11O10S2Si/c1-10-81(76,77)67-43-21-17-39(27-45(43)79-35(3)37-15-19-41(58)20-16-37)49-48(52(59)72)53(69(66-49)33-78-25-26-82(7,8)9)64-46-22-18-40(30-61-46)54(73)60-24-23-47(71)65-51(57(4,5)6)56(75)68-31-42(70)28-44(68)55(74)62-29-36-11-13-38(14-12-36)50-34(2)63-32-80-50/h11-22,27,30,32,35,42,44,51,67,70H,10,23-26,28-29,31,33H2,1-9H3,(H2,59,72)(H,60,73)(H,61,64)(H,62,74)(H,65,71)/t35-,42+,44-,51+/m1/s1. The van der Waals surface area contributed by atoms with E-state index in [9.17, 15) is 41.9 Å². The van der Waals surface area contributed by atoms with E-state index in [0.29, 0.717) is 17.7 Å². The number of carbonyl (C=O) groups is 5.